The standard InChI is InChI=1S/C20H23N5O6S/c1-3-24-9-10-25(19(30)18(24)29)20(31)22-13(12-7-5-4-6-8-12)15(27)21-14-16(28)23-17(14)32-11(2)26/h4-8,13-14,17H,3,9-10H2,1-2H3,(H,21,27)(H,22,31)(H,23,28)/t13-,14+,17+/m1/s1. The summed E-state index contributed by atoms with van der Waals surface area (Å²) in [6.07, 6.45) is 0. The van der Waals surface area contributed by atoms with Crippen LogP contribution in [0.1, 0.15) is 25.5 Å². The van der Waals surface area contributed by atoms with Crippen molar-refractivity contribution in [2.75, 3.05) is 19.6 Å². The van der Waals surface area contributed by atoms with Crippen LogP contribution in [0.2, 0.25) is 0 Å². The van der Waals surface area contributed by atoms with Gasteiger partial charge in [0.25, 0.3) is 0 Å². The van der Waals surface area contributed by atoms with Crippen LogP contribution in [0.25, 0.3) is 0 Å². The Kier molecular flexibility index (Phi) is 7.13. The SMILES string of the molecule is CCN1CCN(C(=O)N[C@@H](C(=O)N[C@H]2C(=O)N[C@H]2SC(C)=O)c2ccccc2)C(=O)C1=O. The molecule has 11 nitrogen and oxygen atoms in total. The number of urea groups is 1. The van der Waals surface area contributed by atoms with Crippen molar-refractivity contribution < 1.29 is 28.8 Å². The van der Waals surface area contributed by atoms with Crippen LogP contribution in [0.3, 0.4) is 0 Å². The molecule has 0 aliphatic carbocycles. The number of imide groups is 1. The van der Waals surface area contributed by atoms with Crippen LogP contribution in [0.15, 0.2) is 30.3 Å². The van der Waals surface area contributed by atoms with E-state index in [-0.39, 0.29) is 18.2 Å². The van der Waals surface area contributed by atoms with Gasteiger partial charge in [0.05, 0.1) is 0 Å². The quantitative estimate of drug-likeness (QED) is 0.377. The van der Waals surface area contributed by atoms with Crippen molar-refractivity contribution in [3.8, 4) is 0 Å². The molecule has 6 amide bonds. The van der Waals surface area contributed by atoms with Gasteiger partial charge in [0.2, 0.25) is 11.8 Å². The number of carbonyl (C=O) groups excluding carboxylic acids is 6. The Hall–Kier alpha value is -3.41. The normalized spacial score (nSPS) is 21.4. The first kappa shape index (κ1) is 23.3. The maximum absolute atomic E-state index is 13.0. The Morgan fingerprint density at radius 1 is 1.12 bits per heavy atom. The fourth-order valence-electron chi connectivity index (χ4n) is 3.33. The Balaban J connectivity index is 1.75. The molecule has 0 spiro atoms. The molecular weight excluding hydrogens is 438 g/mol. The fourth-order valence-corrected chi connectivity index (χ4v) is 4.19. The van der Waals surface area contributed by atoms with Crippen molar-refractivity contribution in [1.82, 2.24) is 25.8 Å². The molecule has 170 valence electrons. The second-order valence-electron chi connectivity index (χ2n) is 7.16. The van der Waals surface area contributed by atoms with Gasteiger partial charge in [-0.05, 0) is 12.5 Å². The molecule has 2 aliphatic rings. The van der Waals surface area contributed by atoms with Crippen molar-refractivity contribution in [3.05, 3.63) is 35.9 Å². The zero-order chi connectivity index (χ0) is 23.4. The second kappa shape index (κ2) is 9.81. The molecule has 0 bridgehead atoms. The van der Waals surface area contributed by atoms with Crippen LogP contribution >= 0.6 is 11.8 Å². The number of hydrogen-bond acceptors (Lipinski definition) is 7. The highest BCUT2D eigenvalue weighted by atomic mass is 32.2. The first-order valence-electron chi connectivity index (χ1n) is 9.97. The molecule has 1 aromatic rings. The van der Waals surface area contributed by atoms with Gasteiger partial charge in [-0.2, -0.15) is 0 Å². The third-order valence-electron chi connectivity index (χ3n) is 5.06. The van der Waals surface area contributed by atoms with Crippen molar-refractivity contribution >= 4 is 46.5 Å². The predicted octanol–water partition coefficient (Wildman–Crippen LogP) is -0.652. The van der Waals surface area contributed by atoms with Gasteiger partial charge < -0.3 is 20.9 Å². The number of likely N-dealkylation sites (N-methyl/N-ethyl adjacent to an activating group) is 1. The van der Waals surface area contributed by atoms with E-state index in [1.54, 1.807) is 37.3 Å². The molecule has 0 saturated carbocycles. The summed E-state index contributed by atoms with van der Waals surface area (Å²) in [4.78, 5) is 75.6. The summed E-state index contributed by atoms with van der Waals surface area (Å²) in [7, 11) is 0. The van der Waals surface area contributed by atoms with E-state index in [2.05, 4.69) is 16.0 Å². The number of β-lactam (4-membered cyclic amide) rings is 1. The van der Waals surface area contributed by atoms with Gasteiger partial charge in [-0.1, -0.05) is 42.1 Å². The molecule has 0 radical (unpaired) electrons. The lowest BCUT2D eigenvalue weighted by Crippen LogP contribution is -2.68. The molecule has 3 rings (SSSR count). The third-order valence-corrected chi connectivity index (χ3v) is 6.03. The molecule has 32 heavy (non-hydrogen) atoms. The smallest absolute Gasteiger partial charge is 0.325 e. The predicted molar refractivity (Wildman–Crippen MR) is 114 cm³/mol. The van der Waals surface area contributed by atoms with Gasteiger partial charge >= 0.3 is 17.8 Å². The van der Waals surface area contributed by atoms with Crippen molar-refractivity contribution in [2.45, 2.75) is 31.3 Å². The van der Waals surface area contributed by atoms with Gasteiger partial charge in [-0.25, -0.2) is 4.79 Å². The molecule has 2 heterocycles. The maximum atomic E-state index is 13.0. The summed E-state index contributed by atoms with van der Waals surface area (Å²) < 4.78 is 0. The number of rotatable bonds is 6. The number of carbonyl (C=O) groups is 6. The van der Waals surface area contributed by atoms with Crippen LogP contribution in [0.4, 0.5) is 4.79 Å². The lowest BCUT2D eigenvalue weighted by Gasteiger charge is -2.37. The number of hydrogen-bond donors (Lipinski definition) is 3. The molecule has 2 fully saturated rings. The highest BCUT2D eigenvalue weighted by Crippen LogP contribution is 2.22. The summed E-state index contributed by atoms with van der Waals surface area (Å²) in [5, 5.41) is 6.72. The van der Waals surface area contributed by atoms with Gasteiger partial charge in [0, 0.05) is 26.6 Å². The molecule has 12 heteroatoms. The molecule has 2 aliphatic heterocycles. The number of nitrogens with one attached hydrogen (secondary N) is 3. The number of piperazine rings is 1. The van der Waals surface area contributed by atoms with Crippen molar-refractivity contribution in [2.24, 2.45) is 0 Å². The largest absolute Gasteiger partial charge is 0.340 e. The van der Waals surface area contributed by atoms with E-state index in [4.69, 9.17) is 0 Å². The Morgan fingerprint density at radius 2 is 1.81 bits per heavy atom. The molecule has 3 N–H and O–H groups in total. The van der Waals surface area contributed by atoms with Gasteiger partial charge in [0.1, 0.15) is 17.5 Å². The van der Waals surface area contributed by atoms with Crippen molar-refractivity contribution in [1.29, 1.82) is 0 Å². The van der Waals surface area contributed by atoms with Crippen LogP contribution in [0.5, 0.6) is 0 Å². The Labute approximate surface area is 188 Å². The van der Waals surface area contributed by atoms with Crippen LogP contribution in [-0.2, 0) is 24.0 Å². The molecule has 2 saturated heterocycles. The average Bonchev–Trinajstić information content (AvgIpc) is 2.77. The molecule has 0 unspecified atom stereocenters. The van der Waals surface area contributed by atoms with Gasteiger partial charge in [-0.15, -0.1) is 0 Å². The zero-order valence-electron chi connectivity index (χ0n) is 17.5. The summed E-state index contributed by atoms with van der Waals surface area (Å²) in [5.41, 5.74) is 0.417. The minimum atomic E-state index is -1.23. The zero-order valence-corrected chi connectivity index (χ0v) is 18.3. The van der Waals surface area contributed by atoms with Crippen LogP contribution < -0.4 is 16.0 Å². The monoisotopic (exact) mass is 461 g/mol. The van der Waals surface area contributed by atoms with E-state index >= 15 is 0 Å². The summed E-state index contributed by atoms with van der Waals surface area (Å²) in [5.74, 6) is -2.90. The highest BCUT2D eigenvalue weighted by Gasteiger charge is 2.43. The molecular formula is C20H23N5O6S. The summed E-state index contributed by atoms with van der Waals surface area (Å²) in [6, 6.07) is 5.20. The van der Waals surface area contributed by atoms with E-state index in [9.17, 15) is 28.8 Å². The highest BCUT2D eigenvalue weighted by molar-refractivity contribution is 8.14. The second-order valence-corrected chi connectivity index (χ2v) is 8.48. The topological polar surface area (TPSA) is 145 Å². The third kappa shape index (κ3) is 4.90. The van der Waals surface area contributed by atoms with E-state index < -0.39 is 47.1 Å². The first-order valence-corrected chi connectivity index (χ1v) is 10.8. The lowest BCUT2D eigenvalue weighted by atomic mass is 10.0. The number of thioether (sulfide) groups is 1. The van der Waals surface area contributed by atoms with E-state index in [1.807, 2.05) is 0 Å². The molecule has 0 aromatic heterocycles. The molecule has 1 aromatic carbocycles. The van der Waals surface area contributed by atoms with Crippen LogP contribution in [0, 0.1) is 0 Å². The minimum Gasteiger partial charge on any atom is -0.340 e. The average molecular weight is 462 g/mol. The Morgan fingerprint density at radius 3 is 2.41 bits per heavy atom. The van der Waals surface area contributed by atoms with E-state index in [0.717, 1.165) is 16.7 Å². The first-order chi connectivity index (χ1) is 15.2. The maximum Gasteiger partial charge on any atom is 0.325 e. The number of nitrogens with zero attached hydrogens (tertiary/aromatic N) is 2. The van der Waals surface area contributed by atoms with Gasteiger partial charge in [0.15, 0.2) is 5.12 Å². The van der Waals surface area contributed by atoms with E-state index in [1.165, 1.54) is 11.8 Å². The molecule has 3 atom stereocenters. The summed E-state index contributed by atoms with van der Waals surface area (Å²) in [6.45, 7) is 3.61. The number of amides is 6. The Bertz CT molecular complexity index is 955. The van der Waals surface area contributed by atoms with Crippen LogP contribution in [-0.4, -0.2) is 75.6 Å². The summed E-state index contributed by atoms with van der Waals surface area (Å²) >= 11 is 0.874. The minimum absolute atomic E-state index is 0.00423. The van der Waals surface area contributed by atoms with E-state index in [0.29, 0.717) is 12.1 Å². The van der Waals surface area contributed by atoms with Crippen molar-refractivity contribution in [3.63, 3.8) is 0 Å². The number of benzene rings is 1. The van der Waals surface area contributed by atoms with Gasteiger partial charge in [-0.3, -0.25) is 28.9 Å². The lowest BCUT2D eigenvalue weighted by molar-refractivity contribution is -0.153. The fraction of sp³-hybridized carbons (Fsp3) is 0.400.